The second-order valence-corrected chi connectivity index (χ2v) is 5.25. The van der Waals surface area contributed by atoms with Crippen molar-refractivity contribution >= 4 is 0 Å². The maximum Gasteiger partial charge on any atom is 0.0546 e. The molecule has 4 nitrogen and oxygen atoms in total. The molecule has 0 saturated carbocycles. The van der Waals surface area contributed by atoms with Crippen LogP contribution in [0.1, 0.15) is 26.2 Å². The summed E-state index contributed by atoms with van der Waals surface area (Å²) in [6, 6.07) is 0. The topological polar surface area (TPSA) is 44.7 Å². The number of aliphatic hydroxyl groups excluding tert-OH is 1. The zero-order chi connectivity index (χ0) is 12.6. The van der Waals surface area contributed by atoms with Gasteiger partial charge < -0.3 is 20.1 Å². The zero-order valence-electron chi connectivity index (χ0n) is 11.4. The molecule has 4 heteroatoms. The quantitative estimate of drug-likeness (QED) is 0.660. The van der Waals surface area contributed by atoms with Crippen LogP contribution in [-0.4, -0.2) is 63.1 Å². The highest BCUT2D eigenvalue weighted by Crippen LogP contribution is 2.28. The standard InChI is InChI=1S/C13H28N2O2/c1-3-14-10-13(6-4-9-17-12-13)11-15(2)7-5-8-16/h14,16H,3-12H2,1-2H3. The van der Waals surface area contributed by atoms with Crippen LogP contribution in [0.4, 0.5) is 0 Å². The van der Waals surface area contributed by atoms with Crippen LogP contribution in [0.25, 0.3) is 0 Å². The lowest BCUT2D eigenvalue weighted by molar-refractivity contribution is -0.0229. The first kappa shape index (κ1) is 14.9. The summed E-state index contributed by atoms with van der Waals surface area (Å²) >= 11 is 0. The lowest BCUT2D eigenvalue weighted by Gasteiger charge is -2.40. The normalized spacial score (nSPS) is 25.4. The van der Waals surface area contributed by atoms with E-state index in [2.05, 4.69) is 24.2 Å². The van der Waals surface area contributed by atoms with Gasteiger partial charge in [0.1, 0.15) is 0 Å². The molecular formula is C13H28N2O2. The molecule has 0 aliphatic carbocycles. The Hall–Kier alpha value is -0.160. The molecule has 2 N–H and O–H groups in total. The Morgan fingerprint density at radius 2 is 2.29 bits per heavy atom. The summed E-state index contributed by atoms with van der Waals surface area (Å²) in [4.78, 5) is 2.32. The molecule has 1 rings (SSSR count). The fourth-order valence-corrected chi connectivity index (χ4v) is 2.61. The van der Waals surface area contributed by atoms with Crippen molar-refractivity contribution in [1.29, 1.82) is 0 Å². The van der Waals surface area contributed by atoms with Gasteiger partial charge in [-0.3, -0.25) is 0 Å². The molecule has 0 spiro atoms. The summed E-state index contributed by atoms with van der Waals surface area (Å²) in [6.07, 6.45) is 3.26. The third-order valence-electron chi connectivity index (χ3n) is 3.46. The molecule has 1 aliphatic heterocycles. The molecule has 1 unspecified atom stereocenters. The van der Waals surface area contributed by atoms with E-state index < -0.39 is 0 Å². The maximum atomic E-state index is 8.86. The smallest absolute Gasteiger partial charge is 0.0546 e. The Balaban J connectivity index is 2.44. The Bertz CT molecular complexity index is 194. The molecule has 102 valence electrons. The van der Waals surface area contributed by atoms with Crippen LogP contribution in [0.3, 0.4) is 0 Å². The number of hydrogen-bond donors (Lipinski definition) is 2. The fourth-order valence-electron chi connectivity index (χ4n) is 2.61. The summed E-state index contributed by atoms with van der Waals surface area (Å²) in [5.74, 6) is 0. The van der Waals surface area contributed by atoms with Crippen molar-refractivity contribution in [2.45, 2.75) is 26.2 Å². The molecule has 17 heavy (non-hydrogen) atoms. The van der Waals surface area contributed by atoms with Gasteiger partial charge in [0.2, 0.25) is 0 Å². The number of aliphatic hydroxyl groups is 1. The SMILES string of the molecule is CCNCC1(CN(C)CCCO)CCCOC1. The Morgan fingerprint density at radius 3 is 2.88 bits per heavy atom. The average Bonchev–Trinajstić information content (AvgIpc) is 2.35. The van der Waals surface area contributed by atoms with Gasteiger partial charge in [-0.25, -0.2) is 0 Å². The van der Waals surface area contributed by atoms with Crippen LogP contribution in [-0.2, 0) is 4.74 Å². The minimum atomic E-state index is 0.262. The molecule has 0 aromatic heterocycles. The van der Waals surface area contributed by atoms with Gasteiger partial charge in [-0.1, -0.05) is 6.92 Å². The molecule has 0 amide bonds. The third-order valence-corrected chi connectivity index (χ3v) is 3.46. The molecule has 0 bridgehead atoms. The van der Waals surface area contributed by atoms with Crippen molar-refractivity contribution < 1.29 is 9.84 Å². The predicted octanol–water partition coefficient (Wildman–Crippen LogP) is 0.707. The fraction of sp³-hybridized carbons (Fsp3) is 1.00. The van der Waals surface area contributed by atoms with E-state index >= 15 is 0 Å². The Labute approximate surface area is 105 Å². The van der Waals surface area contributed by atoms with Crippen LogP contribution in [0, 0.1) is 5.41 Å². The molecule has 1 heterocycles. The van der Waals surface area contributed by atoms with Crippen molar-refractivity contribution in [2.24, 2.45) is 5.41 Å². The van der Waals surface area contributed by atoms with E-state index in [1.807, 2.05) is 0 Å². The van der Waals surface area contributed by atoms with E-state index in [0.29, 0.717) is 0 Å². The number of rotatable bonds is 8. The van der Waals surface area contributed by atoms with Gasteiger partial charge in [0.25, 0.3) is 0 Å². The highest BCUT2D eigenvalue weighted by Gasteiger charge is 2.33. The molecule has 0 radical (unpaired) electrons. The largest absolute Gasteiger partial charge is 0.396 e. The summed E-state index contributed by atoms with van der Waals surface area (Å²) < 4.78 is 5.67. The van der Waals surface area contributed by atoms with E-state index in [9.17, 15) is 0 Å². The highest BCUT2D eigenvalue weighted by molar-refractivity contribution is 4.86. The van der Waals surface area contributed by atoms with E-state index in [0.717, 1.165) is 45.8 Å². The van der Waals surface area contributed by atoms with Gasteiger partial charge in [0.05, 0.1) is 6.61 Å². The van der Waals surface area contributed by atoms with E-state index in [1.54, 1.807) is 0 Å². The van der Waals surface area contributed by atoms with Gasteiger partial charge in [0, 0.05) is 38.3 Å². The first-order chi connectivity index (χ1) is 8.22. The van der Waals surface area contributed by atoms with Crippen LogP contribution in [0.15, 0.2) is 0 Å². The van der Waals surface area contributed by atoms with Crippen LogP contribution in [0.5, 0.6) is 0 Å². The predicted molar refractivity (Wildman–Crippen MR) is 70.2 cm³/mol. The maximum absolute atomic E-state index is 8.86. The second-order valence-electron chi connectivity index (χ2n) is 5.25. The van der Waals surface area contributed by atoms with E-state index in [4.69, 9.17) is 9.84 Å². The number of hydrogen-bond acceptors (Lipinski definition) is 4. The van der Waals surface area contributed by atoms with Crippen LogP contribution in [0.2, 0.25) is 0 Å². The van der Waals surface area contributed by atoms with Gasteiger partial charge in [-0.05, 0) is 32.9 Å². The van der Waals surface area contributed by atoms with E-state index in [-0.39, 0.29) is 12.0 Å². The minimum Gasteiger partial charge on any atom is -0.396 e. The molecule has 1 fully saturated rings. The van der Waals surface area contributed by atoms with Crippen molar-refractivity contribution in [3.8, 4) is 0 Å². The van der Waals surface area contributed by atoms with Gasteiger partial charge in [0.15, 0.2) is 0 Å². The summed E-state index contributed by atoms with van der Waals surface area (Å²) in [5.41, 5.74) is 0.262. The summed E-state index contributed by atoms with van der Waals surface area (Å²) in [7, 11) is 2.14. The summed E-state index contributed by atoms with van der Waals surface area (Å²) in [5, 5.41) is 12.3. The Kier molecular flexibility index (Phi) is 7.04. The average molecular weight is 244 g/mol. The van der Waals surface area contributed by atoms with Crippen molar-refractivity contribution in [3.63, 3.8) is 0 Å². The molecule has 1 saturated heterocycles. The van der Waals surface area contributed by atoms with Gasteiger partial charge >= 0.3 is 0 Å². The second kappa shape index (κ2) is 8.03. The van der Waals surface area contributed by atoms with Crippen LogP contribution >= 0.6 is 0 Å². The first-order valence-corrected chi connectivity index (χ1v) is 6.80. The molecule has 1 aliphatic rings. The summed E-state index contributed by atoms with van der Waals surface area (Å²) in [6.45, 7) is 8.27. The Morgan fingerprint density at radius 1 is 1.47 bits per heavy atom. The lowest BCUT2D eigenvalue weighted by Crippen LogP contribution is -2.48. The monoisotopic (exact) mass is 244 g/mol. The minimum absolute atomic E-state index is 0.262. The van der Waals surface area contributed by atoms with Gasteiger partial charge in [-0.2, -0.15) is 0 Å². The van der Waals surface area contributed by atoms with E-state index in [1.165, 1.54) is 12.8 Å². The van der Waals surface area contributed by atoms with Crippen LogP contribution < -0.4 is 5.32 Å². The number of nitrogens with zero attached hydrogens (tertiary/aromatic N) is 1. The third kappa shape index (κ3) is 5.34. The number of ether oxygens (including phenoxy) is 1. The van der Waals surface area contributed by atoms with Gasteiger partial charge in [-0.15, -0.1) is 0 Å². The molecular weight excluding hydrogens is 216 g/mol. The zero-order valence-corrected chi connectivity index (χ0v) is 11.4. The van der Waals surface area contributed by atoms with Crippen molar-refractivity contribution in [2.75, 3.05) is 53.0 Å². The highest BCUT2D eigenvalue weighted by atomic mass is 16.5. The first-order valence-electron chi connectivity index (χ1n) is 6.80. The lowest BCUT2D eigenvalue weighted by atomic mass is 9.81. The molecule has 1 atom stereocenters. The molecule has 0 aromatic rings. The molecule has 0 aromatic carbocycles. The van der Waals surface area contributed by atoms with Crippen molar-refractivity contribution in [3.05, 3.63) is 0 Å². The number of nitrogens with one attached hydrogen (secondary N) is 1. The van der Waals surface area contributed by atoms with Crippen molar-refractivity contribution in [1.82, 2.24) is 10.2 Å².